The highest BCUT2D eigenvalue weighted by Gasteiger charge is 2.18. The third-order valence-electron chi connectivity index (χ3n) is 4.68. The van der Waals surface area contributed by atoms with Crippen LogP contribution in [0.3, 0.4) is 0 Å². The molecule has 0 saturated heterocycles. The molecule has 3 aromatic rings. The van der Waals surface area contributed by atoms with Crippen molar-refractivity contribution >= 4 is 11.0 Å². The van der Waals surface area contributed by atoms with E-state index in [0.717, 1.165) is 47.8 Å². The molecule has 0 atom stereocenters. The van der Waals surface area contributed by atoms with Gasteiger partial charge in [-0.3, -0.25) is 0 Å². The third-order valence-corrected chi connectivity index (χ3v) is 4.68. The molecule has 0 N–H and O–H groups in total. The summed E-state index contributed by atoms with van der Waals surface area (Å²) in [5.74, 6) is 0.663. The van der Waals surface area contributed by atoms with Crippen molar-refractivity contribution in [2.45, 2.75) is 32.3 Å². The number of hydrogen-bond donors (Lipinski definition) is 0. The largest absolute Gasteiger partial charge is 0.489 e. The number of nitrogens with zero attached hydrogens (tertiary/aromatic N) is 1. The van der Waals surface area contributed by atoms with E-state index in [1.54, 1.807) is 18.2 Å². The van der Waals surface area contributed by atoms with Gasteiger partial charge in [0.2, 0.25) is 0 Å². The molecule has 0 unspecified atom stereocenters. The van der Waals surface area contributed by atoms with Gasteiger partial charge in [-0.25, -0.2) is 4.79 Å². The first kappa shape index (κ1) is 15.5. The summed E-state index contributed by atoms with van der Waals surface area (Å²) < 4.78 is 11.3. The summed E-state index contributed by atoms with van der Waals surface area (Å²) in [5.41, 5.74) is 3.95. The summed E-state index contributed by atoms with van der Waals surface area (Å²) in [4.78, 5) is 12.2. The molecule has 1 aliphatic carbocycles. The normalized spacial score (nSPS) is 13.2. The number of fused-ring (bicyclic) bond motifs is 3. The fraction of sp³-hybridized carbons (Fsp3) is 0.238. The maximum absolute atomic E-state index is 12.2. The van der Waals surface area contributed by atoms with Crippen LogP contribution in [-0.4, -0.2) is 0 Å². The minimum atomic E-state index is -0.216. The van der Waals surface area contributed by atoms with Crippen LogP contribution in [0.1, 0.15) is 35.1 Å². The highest BCUT2D eigenvalue weighted by Crippen LogP contribution is 2.29. The predicted octanol–water partition coefficient (Wildman–Crippen LogP) is 4.12. The van der Waals surface area contributed by atoms with Gasteiger partial charge in [0.25, 0.3) is 0 Å². The van der Waals surface area contributed by atoms with Gasteiger partial charge in [-0.2, -0.15) is 5.26 Å². The second kappa shape index (κ2) is 6.45. The molecule has 1 aliphatic rings. The minimum Gasteiger partial charge on any atom is -0.489 e. The Labute approximate surface area is 145 Å². The van der Waals surface area contributed by atoms with Crippen LogP contribution in [0.5, 0.6) is 5.75 Å². The Balaban J connectivity index is 1.60. The van der Waals surface area contributed by atoms with Crippen molar-refractivity contribution in [2.24, 2.45) is 0 Å². The molecule has 0 saturated carbocycles. The number of rotatable bonds is 3. The van der Waals surface area contributed by atoms with Gasteiger partial charge in [-0.05, 0) is 61.1 Å². The molecule has 0 aliphatic heterocycles. The molecule has 4 heteroatoms. The Morgan fingerprint density at radius 1 is 1.04 bits per heavy atom. The molecular weight excluding hydrogens is 314 g/mol. The molecule has 2 aromatic carbocycles. The number of aryl methyl sites for hydroxylation is 1. The molecule has 0 fully saturated rings. The van der Waals surface area contributed by atoms with Crippen LogP contribution in [0.25, 0.3) is 11.0 Å². The first-order chi connectivity index (χ1) is 12.2. The van der Waals surface area contributed by atoms with Crippen LogP contribution in [0.15, 0.2) is 51.7 Å². The average Bonchev–Trinajstić information content (AvgIpc) is 2.67. The van der Waals surface area contributed by atoms with E-state index in [0.29, 0.717) is 23.5 Å². The minimum absolute atomic E-state index is 0.216. The van der Waals surface area contributed by atoms with Gasteiger partial charge in [0.05, 0.1) is 11.6 Å². The zero-order valence-corrected chi connectivity index (χ0v) is 13.7. The lowest BCUT2D eigenvalue weighted by molar-refractivity contribution is 0.306. The second-order valence-electron chi connectivity index (χ2n) is 6.31. The van der Waals surface area contributed by atoms with Gasteiger partial charge < -0.3 is 9.15 Å². The van der Waals surface area contributed by atoms with Crippen LogP contribution in [-0.2, 0) is 19.4 Å². The summed E-state index contributed by atoms with van der Waals surface area (Å²) in [6.07, 6.45) is 3.91. The fourth-order valence-electron chi connectivity index (χ4n) is 3.36. The number of hydrogen-bond acceptors (Lipinski definition) is 4. The molecule has 0 spiro atoms. The highest BCUT2D eigenvalue weighted by molar-refractivity contribution is 5.82. The molecular formula is C21H17NO3. The summed E-state index contributed by atoms with van der Waals surface area (Å²) in [5, 5.41) is 9.84. The summed E-state index contributed by atoms with van der Waals surface area (Å²) in [6, 6.07) is 15.1. The lowest BCUT2D eigenvalue weighted by atomic mass is 9.91. The molecule has 1 heterocycles. The fourth-order valence-corrected chi connectivity index (χ4v) is 3.36. The van der Waals surface area contributed by atoms with Crippen molar-refractivity contribution in [3.05, 3.63) is 75.1 Å². The van der Waals surface area contributed by atoms with Gasteiger partial charge in [0, 0.05) is 17.0 Å². The maximum atomic E-state index is 12.2. The van der Waals surface area contributed by atoms with Crippen molar-refractivity contribution in [3.63, 3.8) is 0 Å². The molecule has 4 nitrogen and oxygen atoms in total. The molecule has 0 amide bonds. The second-order valence-corrected chi connectivity index (χ2v) is 6.31. The van der Waals surface area contributed by atoms with E-state index >= 15 is 0 Å². The number of ether oxygens (including phenoxy) is 1. The molecule has 0 radical (unpaired) electrons. The molecule has 1 aromatic heterocycles. The van der Waals surface area contributed by atoms with E-state index in [1.807, 2.05) is 24.3 Å². The average molecular weight is 331 g/mol. The standard InChI is InChI=1S/C21H17NO3/c22-12-14-5-7-15(8-6-14)13-24-16-9-10-18-17-3-1-2-4-19(17)21(23)25-20(18)11-16/h5-11H,1-4,13H2. The van der Waals surface area contributed by atoms with Gasteiger partial charge >= 0.3 is 5.63 Å². The highest BCUT2D eigenvalue weighted by atomic mass is 16.5. The van der Waals surface area contributed by atoms with Crippen molar-refractivity contribution < 1.29 is 9.15 Å². The van der Waals surface area contributed by atoms with Crippen LogP contribution in [0, 0.1) is 11.3 Å². The Kier molecular flexibility index (Phi) is 3.99. The van der Waals surface area contributed by atoms with E-state index < -0.39 is 0 Å². The number of benzene rings is 2. The topological polar surface area (TPSA) is 63.2 Å². The predicted molar refractivity (Wildman–Crippen MR) is 94.6 cm³/mol. The van der Waals surface area contributed by atoms with Crippen molar-refractivity contribution in [2.75, 3.05) is 0 Å². The van der Waals surface area contributed by atoms with Gasteiger partial charge in [-0.1, -0.05) is 12.1 Å². The first-order valence-electron chi connectivity index (χ1n) is 8.45. The SMILES string of the molecule is N#Cc1ccc(COc2ccc3c4c(c(=O)oc3c2)CCCC4)cc1. The Morgan fingerprint density at radius 2 is 1.80 bits per heavy atom. The summed E-state index contributed by atoms with van der Waals surface area (Å²) in [7, 11) is 0. The van der Waals surface area contributed by atoms with Crippen molar-refractivity contribution in [3.8, 4) is 11.8 Å². The first-order valence-corrected chi connectivity index (χ1v) is 8.45. The van der Waals surface area contributed by atoms with E-state index in [2.05, 4.69) is 6.07 Å². The Bertz CT molecular complexity index is 1030. The van der Waals surface area contributed by atoms with E-state index in [4.69, 9.17) is 14.4 Å². The van der Waals surface area contributed by atoms with Crippen LogP contribution in [0.2, 0.25) is 0 Å². The molecule has 0 bridgehead atoms. The zero-order valence-electron chi connectivity index (χ0n) is 13.7. The lowest BCUT2D eigenvalue weighted by Gasteiger charge is -2.16. The van der Waals surface area contributed by atoms with E-state index in [1.165, 1.54) is 0 Å². The van der Waals surface area contributed by atoms with Gasteiger partial charge in [-0.15, -0.1) is 0 Å². The monoisotopic (exact) mass is 331 g/mol. The molecule has 4 rings (SSSR count). The number of nitriles is 1. The van der Waals surface area contributed by atoms with Crippen LogP contribution >= 0.6 is 0 Å². The smallest absolute Gasteiger partial charge is 0.339 e. The Hall–Kier alpha value is -3.06. The quantitative estimate of drug-likeness (QED) is 0.677. The van der Waals surface area contributed by atoms with Crippen LogP contribution in [0.4, 0.5) is 0 Å². The summed E-state index contributed by atoms with van der Waals surface area (Å²) in [6.45, 7) is 0.395. The zero-order chi connectivity index (χ0) is 17.2. The maximum Gasteiger partial charge on any atom is 0.339 e. The van der Waals surface area contributed by atoms with E-state index in [-0.39, 0.29) is 5.63 Å². The van der Waals surface area contributed by atoms with Gasteiger partial charge in [0.1, 0.15) is 17.9 Å². The van der Waals surface area contributed by atoms with E-state index in [9.17, 15) is 4.79 Å². The van der Waals surface area contributed by atoms with Crippen molar-refractivity contribution in [1.82, 2.24) is 0 Å². The van der Waals surface area contributed by atoms with Gasteiger partial charge in [0.15, 0.2) is 0 Å². The summed E-state index contributed by atoms with van der Waals surface area (Å²) >= 11 is 0. The third kappa shape index (κ3) is 3.01. The lowest BCUT2D eigenvalue weighted by Crippen LogP contribution is -2.15. The Morgan fingerprint density at radius 3 is 2.56 bits per heavy atom. The van der Waals surface area contributed by atoms with Crippen LogP contribution < -0.4 is 10.4 Å². The molecule has 124 valence electrons. The van der Waals surface area contributed by atoms with Crippen molar-refractivity contribution in [1.29, 1.82) is 5.26 Å². The molecule has 25 heavy (non-hydrogen) atoms.